The molecule has 0 aliphatic carbocycles. The number of para-hydroxylation sites is 1. The van der Waals surface area contributed by atoms with Crippen molar-refractivity contribution in [3.8, 4) is 5.75 Å². The van der Waals surface area contributed by atoms with Crippen molar-refractivity contribution in [3.63, 3.8) is 0 Å². The summed E-state index contributed by atoms with van der Waals surface area (Å²) in [6.45, 7) is 1.56. The van der Waals surface area contributed by atoms with Crippen molar-refractivity contribution < 1.29 is 14.3 Å². The molecule has 0 saturated carbocycles. The normalized spacial score (nSPS) is 15.0. The van der Waals surface area contributed by atoms with E-state index in [1.807, 2.05) is 24.3 Å². The second-order valence-electron chi connectivity index (χ2n) is 6.70. The van der Waals surface area contributed by atoms with Crippen LogP contribution in [0.1, 0.15) is 11.3 Å². The van der Waals surface area contributed by atoms with E-state index in [0.717, 1.165) is 5.56 Å². The maximum Gasteiger partial charge on any atom is 0.243 e. The first-order valence-corrected chi connectivity index (χ1v) is 9.27. The first-order valence-electron chi connectivity index (χ1n) is 9.27. The molecular formula is C19H21N7O3. The quantitative estimate of drug-likeness (QED) is 0.665. The van der Waals surface area contributed by atoms with Gasteiger partial charge in [0, 0.05) is 24.5 Å². The Labute approximate surface area is 167 Å². The third kappa shape index (κ3) is 4.78. The summed E-state index contributed by atoms with van der Waals surface area (Å²) in [5, 5.41) is 10.9. The highest BCUT2D eigenvalue weighted by molar-refractivity contribution is 5.76. The van der Waals surface area contributed by atoms with Gasteiger partial charge in [0.1, 0.15) is 31.1 Å². The maximum absolute atomic E-state index is 13.0. The summed E-state index contributed by atoms with van der Waals surface area (Å²) in [6.07, 6.45) is 6.67. The molecule has 3 heterocycles. The number of rotatable bonds is 2. The molecule has 1 aliphatic rings. The van der Waals surface area contributed by atoms with Crippen molar-refractivity contribution in [2.24, 2.45) is 0 Å². The Hall–Kier alpha value is -3.69. The zero-order chi connectivity index (χ0) is 20.1. The first kappa shape index (κ1) is 18.7. The fourth-order valence-corrected chi connectivity index (χ4v) is 3.09. The minimum atomic E-state index is -0.177. The highest BCUT2D eigenvalue weighted by atomic mass is 16.5. The van der Waals surface area contributed by atoms with Crippen LogP contribution < -0.4 is 10.1 Å². The number of nitrogens with zero attached hydrogens (tertiary/aromatic N) is 6. The van der Waals surface area contributed by atoms with Gasteiger partial charge in [-0.25, -0.2) is 9.67 Å². The van der Waals surface area contributed by atoms with Gasteiger partial charge in [0.15, 0.2) is 0 Å². The lowest BCUT2D eigenvalue weighted by Gasteiger charge is -2.23. The average Bonchev–Trinajstić information content (AvgIpc) is 3.37. The fraction of sp³-hybridized carbons (Fsp3) is 0.316. The SMILES string of the molecule is O=C1Cn2cc(nn2)CN(C(=O)Cn2ccnc2)Cc2ccccc2OCCN1. The molecule has 0 saturated heterocycles. The van der Waals surface area contributed by atoms with Crippen molar-refractivity contribution in [2.75, 3.05) is 13.2 Å². The molecule has 0 atom stereocenters. The lowest BCUT2D eigenvalue weighted by Crippen LogP contribution is -2.34. The van der Waals surface area contributed by atoms with E-state index < -0.39 is 0 Å². The summed E-state index contributed by atoms with van der Waals surface area (Å²) < 4.78 is 9.02. The number of ether oxygens (including phenoxy) is 1. The van der Waals surface area contributed by atoms with Crippen molar-refractivity contribution >= 4 is 11.8 Å². The minimum Gasteiger partial charge on any atom is -0.491 e. The Morgan fingerprint density at radius 3 is 2.97 bits per heavy atom. The molecule has 10 nitrogen and oxygen atoms in total. The molecule has 4 rings (SSSR count). The number of hydrogen-bond acceptors (Lipinski definition) is 6. The number of amides is 2. The molecule has 0 fully saturated rings. The van der Waals surface area contributed by atoms with Crippen LogP contribution in [-0.4, -0.2) is 54.4 Å². The number of imidazole rings is 1. The number of hydrogen-bond donors (Lipinski definition) is 1. The van der Waals surface area contributed by atoms with Crippen molar-refractivity contribution in [2.45, 2.75) is 26.2 Å². The number of aromatic nitrogens is 5. The molecule has 10 heteroatoms. The van der Waals surface area contributed by atoms with E-state index in [1.54, 1.807) is 34.4 Å². The van der Waals surface area contributed by atoms with Gasteiger partial charge in [-0.1, -0.05) is 23.4 Å². The zero-order valence-corrected chi connectivity index (χ0v) is 15.8. The Morgan fingerprint density at radius 1 is 1.21 bits per heavy atom. The van der Waals surface area contributed by atoms with Crippen LogP contribution >= 0.6 is 0 Å². The van der Waals surface area contributed by atoms with Crippen LogP contribution in [-0.2, 0) is 35.8 Å². The maximum atomic E-state index is 13.0. The third-order valence-corrected chi connectivity index (χ3v) is 4.49. The van der Waals surface area contributed by atoms with E-state index >= 15 is 0 Å². The van der Waals surface area contributed by atoms with Crippen molar-refractivity contribution in [1.29, 1.82) is 0 Å². The molecule has 2 bridgehead atoms. The minimum absolute atomic E-state index is 0.0621. The van der Waals surface area contributed by atoms with Crippen LogP contribution in [0.5, 0.6) is 5.75 Å². The summed E-state index contributed by atoms with van der Waals surface area (Å²) >= 11 is 0. The van der Waals surface area contributed by atoms with Gasteiger partial charge in [-0.15, -0.1) is 5.10 Å². The van der Waals surface area contributed by atoms with Gasteiger partial charge < -0.3 is 19.5 Å². The van der Waals surface area contributed by atoms with E-state index in [-0.39, 0.29) is 31.4 Å². The van der Waals surface area contributed by atoms with Gasteiger partial charge in [0.25, 0.3) is 0 Å². The van der Waals surface area contributed by atoms with Gasteiger partial charge in [-0.05, 0) is 6.07 Å². The number of nitrogens with one attached hydrogen (secondary N) is 1. The van der Waals surface area contributed by atoms with Gasteiger partial charge in [-0.3, -0.25) is 9.59 Å². The third-order valence-electron chi connectivity index (χ3n) is 4.49. The van der Waals surface area contributed by atoms with Crippen molar-refractivity contribution in [1.82, 2.24) is 34.8 Å². The summed E-state index contributed by atoms with van der Waals surface area (Å²) in [7, 11) is 0. The zero-order valence-electron chi connectivity index (χ0n) is 15.8. The topological polar surface area (TPSA) is 107 Å². The molecule has 1 aromatic carbocycles. The molecule has 150 valence electrons. The van der Waals surface area contributed by atoms with E-state index in [4.69, 9.17) is 4.74 Å². The van der Waals surface area contributed by atoms with Crippen LogP contribution in [0, 0.1) is 0 Å². The standard InChI is InChI=1S/C19H21N7O3/c27-18-12-26-11-16(22-23-26)10-25(19(28)13-24-7-5-20-14-24)9-15-3-1-2-4-17(15)29-8-6-21-18/h1-5,7,11,14H,6,8-10,12-13H2,(H,21,27). The summed E-state index contributed by atoms with van der Waals surface area (Å²) in [4.78, 5) is 30.7. The van der Waals surface area contributed by atoms with Crippen LogP contribution in [0.3, 0.4) is 0 Å². The van der Waals surface area contributed by atoms with Gasteiger partial charge in [0.2, 0.25) is 11.8 Å². The molecule has 2 amide bonds. The lowest BCUT2D eigenvalue weighted by molar-refractivity contribution is -0.133. The molecule has 0 unspecified atom stereocenters. The summed E-state index contributed by atoms with van der Waals surface area (Å²) in [5.41, 5.74) is 1.48. The Balaban J connectivity index is 1.62. The van der Waals surface area contributed by atoms with E-state index in [9.17, 15) is 9.59 Å². The predicted octanol–water partition coefficient (Wildman–Crippen LogP) is 0.212. The van der Waals surface area contributed by atoms with E-state index in [1.165, 1.54) is 4.68 Å². The molecular weight excluding hydrogens is 374 g/mol. The number of benzene rings is 1. The number of carbonyl (C=O) groups excluding carboxylic acids is 2. The number of fused-ring (bicyclic) bond motifs is 3. The Morgan fingerprint density at radius 2 is 2.10 bits per heavy atom. The van der Waals surface area contributed by atoms with Crippen molar-refractivity contribution in [3.05, 3.63) is 60.4 Å². The van der Waals surface area contributed by atoms with Crippen LogP contribution in [0.25, 0.3) is 0 Å². The molecule has 2 aromatic heterocycles. The highest BCUT2D eigenvalue weighted by Gasteiger charge is 2.19. The van der Waals surface area contributed by atoms with Gasteiger partial charge in [-0.2, -0.15) is 0 Å². The second kappa shape index (κ2) is 8.55. The summed E-state index contributed by atoms with van der Waals surface area (Å²) in [6, 6.07) is 7.57. The summed E-state index contributed by atoms with van der Waals surface area (Å²) in [5.74, 6) is 0.420. The van der Waals surface area contributed by atoms with Crippen LogP contribution in [0.15, 0.2) is 49.2 Å². The molecule has 29 heavy (non-hydrogen) atoms. The fourth-order valence-electron chi connectivity index (χ4n) is 3.09. The average molecular weight is 395 g/mol. The van der Waals surface area contributed by atoms with Crippen LogP contribution in [0.2, 0.25) is 0 Å². The van der Waals surface area contributed by atoms with E-state index in [2.05, 4.69) is 20.6 Å². The Bertz CT molecular complexity index is 983. The highest BCUT2D eigenvalue weighted by Crippen LogP contribution is 2.21. The van der Waals surface area contributed by atoms with E-state index in [0.29, 0.717) is 31.1 Å². The number of carbonyl (C=O) groups is 2. The van der Waals surface area contributed by atoms with Gasteiger partial charge >= 0.3 is 0 Å². The molecule has 3 aromatic rings. The molecule has 1 N–H and O–H groups in total. The monoisotopic (exact) mass is 395 g/mol. The molecule has 0 spiro atoms. The molecule has 1 aliphatic heterocycles. The Kier molecular flexibility index (Phi) is 5.50. The van der Waals surface area contributed by atoms with Crippen LogP contribution in [0.4, 0.5) is 0 Å². The molecule has 0 radical (unpaired) electrons. The lowest BCUT2D eigenvalue weighted by atomic mass is 10.1. The first-order chi connectivity index (χ1) is 14.2. The largest absolute Gasteiger partial charge is 0.491 e. The smallest absolute Gasteiger partial charge is 0.243 e. The second-order valence-corrected chi connectivity index (χ2v) is 6.70. The van der Waals surface area contributed by atoms with Gasteiger partial charge in [0.05, 0.1) is 25.6 Å². The predicted molar refractivity (Wildman–Crippen MR) is 101 cm³/mol.